The van der Waals surface area contributed by atoms with Crippen molar-refractivity contribution in [1.29, 1.82) is 0 Å². The molecule has 1 aromatic heterocycles. The Kier molecular flexibility index (Phi) is 6.35. The first-order valence-corrected chi connectivity index (χ1v) is 8.68. The van der Waals surface area contributed by atoms with Crippen molar-refractivity contribution in [2.24, 2.45) is 0 Å². The zero-order valence-electron chi connectivity index (χ0n) is 15.4. The van der Waals surface area contributed by atoms with Crippen LogP contribution in [0.4, 0.5) is 18.9 Å². The number of aromatic nitrogens is 2. The highest BCUT2D eigenvalue weighted by molar-refractivity contribution is 5.95. The molecule has 1 heterocycles. The van der Waals surface area contributed by atoms with Crippen molar-refractivity contribution in [2.45, 2.75) is 12.9 Å². The predicted octanol–water partition coefficient (Wildman–Crippen LogP) is 3.63. The summed E-state index contributed by atoms with van der Waals surface area (Å²) < 4.78 is 46.8. The average Bonchev–Trinajstić information content (AvgIpc) is 3.20. The monoisotopic (exact) mass is 419 g/mol. The van der Waals surface area contributed by atoms with Gasteiger partial charge in [0.05, 0.1) is 12.1 Å². The van der Waals surface area contributed by atoms with E-state index in [0.717, 1.165) is 17.7 Å². The molecule has 0 bridgehead atoms. The number of carbonyl (C=O) groups excluding carboxylic acids is 2. The number of ether oxygens (including phenoxy) is 2. The van der Waals surface area contributed by atoms with Crippen molar-refractivity contribution in [2.75, 3.05) is 11.9 Å². The Bertz CT molecular complexity index is 986. The van der Waals surface area contributed by atoms with Crippen LogP contribution in [-0.2, 0) is 16.1 Å². The minimum atomic E-state index is -4.80. The summed E-state index contributed by atoms with van der Waals surface area (Å²) in [5.41, 5.74) is 1.44. The third-order valence-electron chi connectivity index (χ3n) is 3.80. The van der Waals surface area contributed by atoms with Crippen molar-refractivity contribution >= 4 is 17.6 Å². The van der Waals surface area contributed by atoms with Crippen molar-refractivity contribution in [1.82, 2.24) is 9.78 Å². The Hall–Kier alpha value is -3.82. The summed E-state index contributed by atoms with van der Waals surface area (Å²) in [6.45, 7) is 0.00616. The molecule has 3 aromatic rings. The number of hydrogen-bond acceptors (Lipinski definition) is 5. The van der Waals surface area contributed by atoms with Crippen LogP contribution in [0, 0.1) is 0 Å². The summed E-state index contributed by atoms with van der Waals surface area (Å²) in [5.74, 6) is -1.73. The maximum Gasteiger partial charge on any atom is 0.573 e. The van der Waals surface area contributed by atoms with Crippen LogP contribution in [0.2, 0.25) is 0 Å². The van der Waals surface area contributed by atoms with Gasteiger partial charge in [0.1, 0.15) is 5.75 Å². The number of nitrogens with zero attached hydrogens (tertiary/aromatic N) is 2. The summed E-state index contributed by atoms with van der Waals surface area (Å²) in [4.78, 5) is 23.9. The fraction of sp³-hybridized carbons (Fsp3) is 0.150. The van der Waals surface area contributed by atoms with Crippen molar-refractivity contribution < 1.29 is 32.2 Å². The number of amides is 1. The van der Waals surface area contributed by atoms with Gasteiger partial charge in [0.15, 0.2) is 6.61 Å². The first-order valence-electron chi connectivity index (χ1n) is 8.68. The minimum Gasteiger partial charge on any atom is -0.452 e. The third kappa shape index (κ3) is 6.36. The Morgan fingerprint density at radius 1 is 1.03 bits per heavy atom. The molecule has 30 heavy (non-hydrogen) atoms. The van der Waals surface area contributed by atoms with Gasteiger partial charge >= 0.3 is 12.3 Å². The molecule has 1 N–H and O–H groups in total. The lowest BCUT2D eigenvalue weighted by Crippen LogP contribution is -2.21. The van der Waals surface area contributed by atoms with Gasteiger partial charge in [0.25, 0.3) is 5.91 Å². The summed E-state index contributed by atoms with van der Waals surface area (Å²) in [7, 11) is 0. The first-order chi connectivity index (χ1) is 14.3. The smallest absolute Gasteiger partial charge is 0.452 e. The van der Waals surface area contributed by atoms with E-state index in [1.54, 1.807) is 35.1 Å². The van der Waals surface area contributed by atoms with Crippen LogP contribution < -0.4 is 10.1 Å². The van der Waals surface area contributed by atoms with Gasteiger partial charge in [-0.05, 0) is 48.0 Å². The predicted molar refractivity (Wildman–Crippen MR) is 99.8 cm³/mol. The van der Waals surface area contributed by atoms with E-state index in [-0.39, 0.29) is 11.3 Å². The second kappa shape index (κ2) is 9.12. The maximum atomic E-state index is 12.1. The lowest BCUT2D eigenvalue weighted by atomic mass is 10.1. The Balaban J connectivity index is 1.46. The highest BCUT2D eigenvalue weighted by Crippen LogP contribution is 2.23. The Morgan fingerprint density at radius 2 is 1.73 bits per heavy atom. The summed E-state index contributed by atoms with van der Waals surface area (Å²) in [5, 5.41) is 6.51. The number of hydrogen-bond donors (Lipinski definition) is 1. The number of rotatable bonds is 7. The topological polar surface area (TPSA) is 82.5 Å². The van der Waals surface area contributed by atoms with Gasteiger partial charge in [-0.2, -0.15) is 5.10 Å². The normalized spacial score (nSPS) is 11.0. The molecule has 0 spiro atoms. The van der Waals surface area contributed by atoms with Crippen LogP contribution in [0.1, 0.15) is 15.9 Å². The van der Waals surface area contributed by atoms with Gasteiger partial charge < -0.3 is 14.8 Å². The zero-order valence-corrected chi connectivity index (χ0v) is 15.4. The maximum absolute atomic E-state index is 12.1. The van der Waals surface area contributed by atoms with Crippen molar-refractivity contribution in [3.63, 3.8) is 0 Å². The molecule has 3 rings (SSSR count). The van der Waals surface area contributed by atoms with Crippen molar-refractivity contribution in [3.8, 4) is 5.75 Å². The van der Waals surface area contributed by atoms with E-state index >= 15 is 0 Å². The number of benzene rings is 2. The van der Waals surface area contributed by atoms with E-state index in [0.29, 0.717) is 6.54 Å². The van der Waals surface area contributed by atoms with Crippen molar-refractivity contribution in [3.05, 3.63) is 78.1 Å². The fourth-order valence-electron chi connectivity index (χ4n) is 2.48. The molecule has 0 unspecified atom stereocenters. The highest BCUT2D eigenvalue weighted by Gasteiger charge is 2.30. The number of alkyl halides is 3. The van der Waals surface area contributed by atoms with E-state index in [1.165, 1.54) is 12.1 Å². The SMILES string of the molecule is O=C(COC(=O)c1ccc(Cn2cccn2)cc1)Nc1ccc(OC(F)(F)F)cc1. The Labute approximate surface area is 169 Å². The summed E-state index contributed by atoms with van der Waals surface area (Å²) in [6, 6.07) is 13.1. The standard InChI is InChI=1S/C20H16F3N3O4/c21-20(22,23)30-17-8-6-16(7-9-17)25-18(27)13-29-19(28)15-4-2-14(3-5-15)12-26-11-1-10-24-26/h1-11H,12-13H2,(H,25,27). The fourth-order valence-corrected chi connectivity index (χ4v) is 2.48. The molecule has 0 aliphatic heterocycles. The summed E-state index contributed by atoms with van der Waals surface area (Å²) in [6.07, 6.45) is -1.31. The average molecular weight is 419 g/mol. The van der Waals surface area contributed by atoms with Gasteiger partial charge in [-0.25, -0.2) is 4.79 Å². The molecular weight excluding hydrogens is 403 g/mol. The van der Waals surface area contributed by atoms with Gasteiger partial charge in [0, 0.05) is 18.1 Å². The number of nitrogens with one attached hydrogen (secondary N) is 1. The molecule has 0 aliphatic carbocycles. The van der Waals surface area contributed by atoms with E-state index in [9.17, 15) is 22.8 Å². The third-order valence-corrected chi connectivity index (χ3v) is 3.80. The van der Waals surface area contributed by atoms with Gasteiger partial charge in [-0.1, -0.05) is 12.1 Å². The van der Waals surface area contributed by atoms with E-state index < -0.39 is 30.6 Å². The second-order valence-corrected chi connectivity index (χ2v) is 6.10. The molecule has 0 atom stereocenters. The molecular formula is C20H16F3N3O4. The molecule has 1 amide bonds. The second-order valence-electron chi connectivity index (χ2n) is 6.10. The molecule has 0 radical (unpaired) electrons. The zero-order chi connectivity index (χ0) is 21.6. The Morgan fingerprint density at radius 3 is 2.33 bits per heavy atom. The quantitative estimate of drug-likeness (QED) is 0.592. The highest BCUT2D eigenvalue weighted by atomic mass is 19.4. The minimum absolute atomic E-state index is 0.230. The van der Waals surface area contributed by atoms with E-state index in [4.69, 9.17) is 4.74 Å². The number of halogens is 3. The molecule has 156 valence electrons. The molecule has 0 fully saturated rings. The number of anilines is 1. The molecule has 0 saturated carbocycles. The van der Waals surface area contributed by atoms with Gasteiger partial charge in [0.2, 0.25) is 0 Å². The van der Waals surface area contributed by atoms with Crippen LogP contribution in [0.15, 0.2) is 67.0 Å². The first kappa shape index (κ1) is 20.9. The number of carbonyl (C=O) groups is 2. The van der Waals surface area contributed by atoms with E-state index in [2.05, 4.69) is 15.2 Å². The molecule has 0 aliphatic rings. The van der Waals surface area contributed by atoms with Crippen LogP contribution in [0.5, 0.6) is 5.75 Å². The van der Waals surface area contributed by atoms with Crippen LogP contribution in [0.3, 0.4) is 0 Å². The number of esters is 1. The van der Waals surface area contributed by atoms with Crippen LogP contribution in [-0.4, -0.2) is 34.6 Å². The lowest BCUT2D eigenvalue weighted by Gasteiger charge is -2.10. The molecule has 2 aromatic carbocycles. The lowest BCUT2D eigenvalue weighted by molar-refractivity contribution is -0.274. The van der Waals surface area contributed by atoms with Gasteiger partial charge in [-0.3, -0.25) is 9.48 Å². The van der Waals surface area contributed by atoms with Gasteiger partial charge in [-0.15, -0.1) is 13.2 Å². The largest absolute Gasteiger partial charge is 0.573 e. The van der Waals surface area contributed by atoms with Crippen LogP contribution in [0.25, 0.3) is 0 Å². The van der Waals surface area contributed by atoms with Crippen LogP contribution >= 0.6 is 0 Å². The summed E-state index contributed by atoms with van der Waals surface area (Å²) >= 11 is 0. The molecule has 7 nitrogen and oxygen atoms in total. The molecule has 0 saturated heterocycles. The van der Waals surface area contributed by atoms with E-state index in [1.807, 2.05) is 12.3 Å². The molecule has 10 heteroatoms.